The first-order chi connectivity index (χ1) is 10.8. The highest BCUT2D eigenvalue weighted by Gasteiger charge is 2.25. The third-order valence-corrected chi connectivity index (χ3v) is 3.98. The maximum atomic E-state index is 9.31. The summed E-state index contributed by atoms with van der Waals surface area (Å²) in [5, 5.41) is 10.4. The second-order valence-corrected chi connectivity index (χ2v) is 5.42. The molecule has 2 atom stereocenters. The number of aliphatic imine (C=N–C) groups is 1. The van der Waals surface area contributed by atoms with E-state index in [1.165, 1.54) is 0 Å². The van der Waals surface area contributed by atoms with E-state index in [0.29, 0.717) is 6.42 Å². The van der Waals surface area contributed by atoms with E-state index in [4.69, 9.17) is 4.42 Å². The van der Waals surface area contributed by atoms with Gasteiger partial charge in [-0.2, -0.15) is 5.26 Å². The molecular formula is C19H18N2O. The quantitative estimate of drug-likeness (QED) is 0.733. The summed E-state index contributed by atoms with van der Waals surface area (Å²) in [7, 11) is 0. The summed E-state index contributed by atoms with van der Waals surface area (Å²) < 4.78 is 6.09. The van der Waals surface area contributed by atoms with Crippen molar-refractivity contribution in [2.75, 3.05) is 0 Å². The zero-order chi connectivity index (χ0) is 15.5. The predicted octanol–water partition coefficient (Wildman–Crippen LogP) is 5.16. The van der Waals surface area contributed by atoms with Gasteiger partial charge in [-0.25, -0.2) is 0 Å². The molecule has 3 rings (SSSR count). The number of nitrogens with zero attached hydrogens (tertiary/aromatic N) is 2. The molecule has 1 aliphatic rings. The van der Waals surface area contributed by atoms with E-state index in [1.54, 1.807) is 0 Å². The summed E-state index contributed by atoms with van der Waals surface area (Å²) in [5.41, 5.74) is 2.95. The zero-order valence-electron chi connectivity index (χ0n) is 12.8. The zero-order valence-corrected chi connectivity index (χ0v) is 12.8. The molecule has 22 heavy (non-hydrogen) atoms. The van der Waals surface area contributed by atoms with E-state index in [1.807, 2.05) is 56.5 Å². The Labute approximate surface area is 130 Å². The number of hydrogen-bond acceptors (Lipinski definition) is 3. The van der Waals surface area contributed by atoms with Gasteiger partial charge in [-0.3, -0.25) is 4.99 Å². The van der Waals surface area contributed by atoms with Crippen molar-refractivity contribution in [1.29, 1.82) is 5.26 Å². The SMILES string of the molecule is C/C=C\C=NC(C)c1cccc2c3c(oc12)C(C#N)CC=C3. The molecule has 1 aromatic carbocycles. The van der Waals surface area contributed by atoms with Crippen molar-refractivity contribution < 1.29 is 4.42 Å². The van der Waals surface area contributed by atoms with Gasteiger partial charge in [-0.15, -0.1) is 0 Å². The maximum absolute atomic E-state index is 9.31. The fraction of sp³-hybridized carbons (Fsp3) is 0.263. The standard InChI is InChI=1S/C19H18N2O/c1-3-4-11-21-13(2)15-8-6-10-17-16-9-5-7-14(12-20)18(16)22-19(15)17/h3-6,8-11,13-14H,7H2,1-2H3/b4-3-,21-11?. The molecule has 2 unspecified atom stereocenters. The molecule has 0 bridgehead atoms. The van der Waals surface area contributed by atoms with Crippen molar-refractivity contribution in [2.24, 2.45) is 4.99 Å². The van der Waals surface area contributed by atoms with Crippen molar-refractivity contribution in [3.63, 3.8) is 0 Å². The molecule has 1 aliphatic carbocycles. The molecule has 0 radical (unpaired) electrons. The molecule has 0 N–H and O–H groups in total. The summed E-state index contributed by atoms with van der Waals surface area (Å²) in [6.07, 6.45) is 10.5. The van der Waals surface area contributed by atoms with Gasteiger partial charge in [0, 0.05) is 22.7 Å². The lowest BCUT2D eigenvalue weighted by atomic mass is 9.93. The Bertz CT molecular complexity index is 818. The number of nitriles is 1. The highest BCUT2D eigenvalue weighted by Crippen LogP contribution is 2.39. The Balaban J connectivity index is 2.13. The Kier molecular flexibility index (Phi) is 3.93. The topological polar surface area (TPSA) is 49.3 Å². The van der Waals surface area contributed by atoms with Crippen molar-refractivity contribution in [1.82, 2.24) is 0 Å². The number of allylic oxidation sites excluding steroid dienone is 3. The number of benzene rings is 1. The molecule has 0 aliphatic heterocycles. The van der Waals surface area contributed by atoms with Crippen LogP contribution in [0, 0.1) is 11.3 Å². The number of para-hydroxylation sites is 1. The van der Waals surface area contributed by atoms with Crippen molar-refractivity contribution in [3.8, 4) is 6.07 Å². The lowest BCUT2D eigenvalue weighted by Crippen LogP contribution is -1.97. The Morgan fingerprint density at radius 3 is 3.09 bits per heavy atom. The van der Waals surface area contributed by atoms with Crippen LogP contribution in [0.25, 0.3) is 17.0 Å². The van der Waals surface area contributed by atoms with Crippen molar-refractivity contribution in [3.05, 3.63) is 53.3 Å². The molecule has 0 fully saturated rings. The van der Waals surface area contributed by atoms with E-state index in [0.717, 1.165) is 27.9 Å². The molecule has 0 amide bonds. The number of hydrogen-bond donors (Lipinski definition) is 0. The van der Waals surface area contributed by atoms with Gasteiger partial charge in [0.25, 0.3) is 0 Å². The van der Waals surface area contributed by atoms with Crippen LogP contribution in [-0.2, 0) is 0 Å². The van der Waals surface area contributed by atoms with Crippen LogP contribution in [0.2, 0.25) is 0 Å². The first kappa shape index (κ1) is 14.3. The lowest BCUT2D eigenvalue weighted by Gasteiger charge is -2.08. The maximum Gasteiger partial charge on any atom is 0.140 e. The Morgan fingerprint density at radius 2 is 2.32 bits per heavy atom. The van der Waals surface area contributed by atoms with Crippen LogP contribution < -0.4 is 0 Å². The average molecular weight is 290 g/mol. The average Bonchev–Trinajstić information content (AvgIpc) is 2.93. The third kappa shape index (κ3) is 2.37. The number of furan rings is 1. The minimum atomic E-state index is -0.193. The van der Waals surface area contributed by atoms with Crippen LogP contribution in [0.15, 0.2) is 45.8 Å². The molecule has 3 heteroatoms. The Hall–Kier alpha value is -2.60. The molecule has 2 aromatic rings. The highest BCUT2D eigenvalue weighted by molar-refractivity contribution is 5.92. The molecule has 0 spiro atoms. The molecule has 1 heterocycles. The van der Waals surface area contributed by atoms with Gasteiger partial charge in [0.1, 0.15) is 17.3 Å². The van der Waals surface area contributed by atoms with Crippen LogP contribution >= 0.6 is 0 Å². The van der Waals surface area contributed by atoms with E-state index in [2.05, 4.69) is 17.1 Å². The van der Waals surface area contributed by atoms with Crippen LogP contribution in [-0.4, -0.2) is 6.21 Å². The van der Waals surface area contributed by atoms with Crippen LogP contribution in [0.5, 0.6) is 0 Å². The molecule has 110 valence electrons. The van der Waals surface area contributed by atoms with Gasteiger partial charge in [-0.1, -0.05) is 36.4 Å². The Morgan fingerprint density at radius 1 is 1.45 bits per heavy atom. The second-order valence-electron chi connectivity index (χ2n) is 5.42. The van der Waals surface area contributed by atoms with Crippen LogP contribution in [0.4, 0.5) is 0 Å². The molecule has 3 nitrogen and oxygen atoms in total. The monoisotopic (exact) mass is 290 g/mol. The van der Waals surface area contributed by atoms with Gasteiger partial charge in [0.05, 0.1) is 12.1 Å². The van der Waals surface area contributed by atoms with Gasteiger partial charge < -0.3 is 4.42 Å². The van der Waals surface area contributed by atoms with E-state index in [-0.39, 0.29) is 12.0 Å². The summed E-state index contributed by atoms with van der Waals surface area (Å²) in [6, 6.07) is 8.46. The largest absolute Gasteiger partial charge is 0.459 e. The molecule has 1 aromatic heterocycles. The molecular weight excluding hydrogens is 272 g/mol. The van der Waals surface area contributed by atoms with Gasteiger partial charge >= 0.3 is 0 Å². The summed E-state index contributed by atoms with van der Waals surface area (Å²) in [5.74, 6) is 0.596. The molecule has 0 saturated heterocycles. The van der Waals surface area contributed by atoms with E-state index < -0.39 is 0 Å². The third-order valence-electron chi connectivity index (χ3n) is 3.98. The minimum absolute atomic E-state index is 0.0111. The summed E-state index contributed by atoms with van der Waals surface area (Å²) in [4.78, 5) is 4.52. The van der Waals surface area contributed by atoms with Crippen molar-refractivity contribution >= 4 is 23.3 Å². The van der Waals surface area contributed by atoms with E-state index in [9.17, 15) is 5.26 Å². The number of rotatable bonds is 3. The first-order valence-electron chi connectivity index (χ1n) is 7.52. The summed E-state index contributed by atoms with van der Waals surface area (Å²) in [6.45, 7) is 4.01. The fourth-order valence-corrected chi connectivity index (χ4v) is 2.82. The smallest absolute Gasteiger partial charge is 0.140 e. The summed E-state index contributed by atoms with van der Waals surface area (Å²) >= 11 is 0. The van der Waals surface area contributed by atoms with Crippen LogP contribution in [0.3, 0.4) is 0 Å². The van der Waals surface area contributed by atoms with E-state index >= 15 is 0 Å². The fourth-order valence-electron chi connectivity index (χ4n) is 2.82. The van der Waals surface area contributed by atoms with Gasteiger partial charge in [0.15, 0.2) is 0 Å². The van der Waals surface area contributed by atoms with Gasteiger partial charge in [-0.05, 0) is 26.3 Å². The normalized spacial score (nSPS) is 18.9. The first-order valence-corrected chi connectivity index (χ1v) is 7.52. The highest BCUT2D eigenvalue weighted by atomic mass is 16.3. The molecule has 0 saturated carbocycles. The van der Waals surface area contributed by atoms with Gasteiger partial charge in [0.2, 0.25) is 0 Å². The minimum Gasteiger partial charge on any atom is -0.459 e. The second kappa shape index (κ2) is 6.03. The van der Waals surface area contributed by atoms with Crippen LogP contribution in [0.1, 0.15) is 49.1 Å². The number of fused-ring (bicyclic) bond motifs is 3. The predicted molar refractivity (Wildman–Crippen MR) is 89.9 cm³/mol. The lowest BCUT2D eigenvalue weighted by molar-refractivity contribution is 0.521. The van der Waals surface area contributed by atoms with Crippen molar-refractivity contribution in [2.45, 2.75) is 32.2 Å².